The van der Waals surface area contributed by atoms with Crippen molar-refractivity contribution in [1.82, 2.24) is 4.90 Å². The molecule has 2 atom stereocenters. The van der Waals surface area contributed by atoms with Gasteiger partial charge in [0.1, 0.15) is 0 Å². The summed E-state index contributed by atoms with van der Waals surface area (Å²) in [5.41, 5.74) is 0. The Labute approximate surface area is 159 Å². The fourth-order valence-electron chi connectivity index (χ4n) is 3.05. The predicted octanol–water partition coefficient (Wildman–Crippen LogP) is 5.07. The van der Waals surface area contributed by atoms with Crippen molar-refractivity contribution < 1.29 is 14.7 Å². The molecule has 0 aromatic rings. The van der Waals surface area contributed by atoms with E-state index in [0.29, 0.717) is 11.8 Å². The lowest BCUT2D eigenvalue weighted by atomic mass is 9.95. The van der Waals surface area contributed by atoms with Crippen molar-refractivity contribution in [2.24, 2.45) is 11.8 Å². The Morgan fingerprint density at radius 2 is 1.36 bits per heavy atom. The van der Waals surface area contributed by atoms with Crippen LogP contribution in [0.5, 0.6) is 0 Å². The molecule has 0 aromatic heterocycles. The summed E-state index contributed by atoms with van der Waals surface area (Å²) in [5, 5.41) is 8.78. The molecule has 0 aliphatic heterocycles. The Kier molecular flexibility index (Phi) is 15.1. The monoisotopic (exact) mass is 373 g/mol. The van der Waals surface area contributed by atoms with Crippen molar-refractivity contribution in [3.8, 4) is 0 Å². The number of unbranched alkanes of at least 4 members (excludes halogenated alkanes) is 2. The number of carboxylic acid groups (broad SMARTS) is 1. The average molecular weight is 374 g/mol. The van der Waals surface area contributed by atoms with Crippen LogP contribution >= 0.6 is 11.8 Å². The molecular weight excluding hydrogens is 334 g/mol. The third kappa shape index (κ3) is 12.3. The summed E-state index contributed by atoms with van der Waals surface area (Å²) in [6.45, 7) is 10.5. The van der Waals surface area contributed by atoms with Crippen molar-refractivity contribution >= 4 is 23.6 Å². The summed E-state index contributed by atoms with van der Waals surface area (Å²) in [6.07, 6.45) is 9.33. The number of thioether (sulfide) groups is 1. The minimum absolute atomic E-state index is 0.000335. The lowest BCUT2D eigenvalue weighted by molar-refractivity contribution is -0.133. The van der Waals surface area contributed by atoms with Crippen LogP contribution in [0, 0.1) is 11.8 Å². The van der Waals surface area contributed by atoms with E-state index in [1.165, 1.54) is 50.3 Å². The lowest BCUT2D eigenvalue weighted by Gasteiger charge is -2.30. The molecular formula is C20H39NO3S. The van der Waals surface area contributed by atoms with Crippen molar-refractivity contribution in [3.63, 3.8) is 0 Å². The maximum atomic E-state index is 12.7. The van der Waals surface area contributed by atoms with Gasteiger partial charge in [0.25, 0.3) is 0 Å². The van der Waals surface area contributed by atoms with Gasteiger partial charge in [0.15, 0.2) is 0 Å². The van der Waals surface area contributed by atoms with Crippen LogP contribution in [0.3, 0.4) is 0 Å². The largest absolute Gasteiger partial charge is 0.481 e. The number of carboxylic acids is 1. The van der Waals surface area contributed by atoms with Crippen molar-refractivity contribution in [3.05, 3.63) is 0 Å². The van der Waals surface area contributed by atoms with Gasteiger partial charge in [0, 0.05) is 13.1 Å². The summed E-state index contributed by atoms with van der Waals surface area (Å²) in [5.74, 6) is 0.638. The second-order valence-corrected chi connectivity index (χ2v) is 8.00. The van der Waals surface area contributed by atoms with Crippen molar-refractivity contribution in [2.45, 2.75) is 79.1 Å². The molecule has 0 unspecified atom stereocenters. The summed E-state index contributed by atoms with van der Waals surface area (Å²) in [7, 11) is 0. The topological polar surface area (TPSA) is 57.6 Å². The molecule has 1 N–H and O–H groups in total. The molecule has 0 bridgehead atoms. The Bertz CT molecular complexity index is 345. The van der Waals surface area contributed by atoms with E-state index in [9.17, 15) is 9.59 Å². The minimum atomic E-state index is -0.854. The molecule has 0 spiro atoms. The summed E-state index contributed by atoms with van der Waals surface area (Å²) in [6, 6.07) is 0. The van der Waals surface area contributed by atoms with Crippen LogP contribution in [-0.4, -0.2) is 46.5 Å². The highest BCUT2D eigenvalue weighted by Gasteiger charge is 2.21. The van der Waals surface area contributed by atoms with E-state index in [0.717, 1.165) is 25.9 Å². The van der Waals surface area contributed by atoms with Crippen LogP contribution in [0.1, 0.15) is 79.1 Å². The molecule has 4 nitrogen and oxygen atoms in total. The number of aliphatic carboxylic acids is 1. The van der Waals surface area contributed by atoms with Gasteiger partial charge in [0.05, 0.1) is 11.5 Å². The quantitative estimate of drug-likeness (QED) is 0.410. The van der Waals surface area contributed by atoms with E-state index in [-0.39, 0.29) is 17.4 Å². The molecule has 0 rings (SSSR count). The summed E-state index contributed by atoms with van der Waals surface area (Å²) < 4.78 is 0. The first-order chi connectivity index (χ1) is 12.0. The second-order valence-electron chi connectivity index (χ2n) is 7.02. The Hall–Kier alpha value is -0.710. The van der Waals surface area contributed by atoms with Crippen LogP contribution in [-0.2, 0) is 9.59 Å². The van der Waals surface area contributed by atoms with Crippen LogP contribution in [0.25, 0.3) is 0 Å². The predicted molar refractivity (Wildman–Crippen MR) is 108 cm³/mol. The van der Waals surface area contributed by atoms with Crippen molar-refractivity contribution in [2.75, 3.05) is 24.6 Å². The van der Waals surface area contributed by atoms with Gasteiger partial charge < -0.3 is 10.0 Å². The van der Waals surface area contributed by atoms with E-state index in [1.54, 1.807) is 0 Å². The van der Waals surface area contributed by atoms with Crippen LogP contribution < -0.4 is 0 Å². The molecule has 0 saturated carbocycles. The van der Waals surface area contributed by atoms with E-state index in [4.69, 9.17) is 5.11 Å². The zero-order valence-electron chi connectivity index (χ0n) is 16.8. The molecule has 0 aliphatic rings. The molecule has 5 heteroatoms. The van der Waals surface area contributed by atoms with Crippen LogP contribution in [0.15, 0.2) is 0 Å². The first kappa shape index (κ1) is 24.3. The van der Waals surface area contributed by atoms with Gasteiger partial charge >= 0.3 is 5.97 Å². The lowest BCUT2D eigenvalue weighted by Crippen LogP contribution is -2.40. The highest BCUT2D eigenvalue weighted by molar-refractivity contribution is 8.00. The SMILES string of the molecule is CCCC[C@@H](CC)CN(C[C@@H](CC)CCCC)C(=O)CSCC(=O)O. The fraction of sp³-hybridized carbons (Fsp3) is 0.900. The third-order valence-corrected chi connectivity index (χ3v) is 5.75. The fourth-order valence-corrected chi connectivity index (χ4v) is 3.69. The third-order valence-electron chi connectivity index (χ3n) is 4.85. The second kappa shape index (κ2) is 15.5. The standard InChI is InChI=1S/C20H39NO3S/c1-5-9-11-17(7-3)13-21(14-18(8-4)12-10-6-2)19(22)15-25-16-20(23)24/h17-18H,5-16H2,1-4H3,(H,23,24)/t17-,18+. The number of amides is 1. The smallest absolute Gasteiger partial charge is 0.313 e. The van der Waals surface area contributed by atoms with E-state index < -0.39 is 5.97 Å². The molecule has 0 aromatic carbocycles. The van der Waals surface area contributed by atoms with Gasteiger partial charge in [-0.2, -0.15) is 0 Å². The molecule has 0 heterocycles. The van der Waals surface area contributed by atoms with Gasteiger partial charge in [0.2, 0.25) is 5.91 Å². The zero-order chi connectivity index (χ0) is 19.1. The van der Waals surface area contributed by atoms with Gasteiger partial charge in [-0.05, 0) is 24.7 Å². The molecule has 0 fully saturated rings. The molecule has 148 valence electrons. The van der Waals surface area contributed by atoms with Gasteiger partial charge in [-0.3, -0.25) is 9.59 Å². The number of carbonyl (C=O) groups excluding carboxylic acids is 1. The number of nitrogens with zero attached hydrogens (tertiary/aromatic N) is 1. The molecule has 0 aliphatic carbocycles. The molecule has 1 amide bonds. The molecule has 0 radical (unpaired) electrons. The normalized spacial score (nSPS) is 13.4. The van der Waals surface area contributed by atoms with E-state index in [2.05, 4.69) is 27.7 Å². The highest BCUT2D eigenvalue weighted by atomic mass is 32.2. The molecule has 0 saturated heterocycles. The number of carbonyl (C=O) groups is 2. The van der Waals surface area contributed by atoms with Crippen molar-refractivity contribution in [1.29, 1.82) is 0 Å². The summed E-state index contributed by atoms with van der Waals surface area (Å²) in [4.78, 5) is 25.4. The zero-order valence-corrected chi connectivity index (χ0v) is 17.6. The first-order valence-electron chi connectivity index (χ1n) is 10.1. The maximum absolute atomic E-state index is 12.7. The van der Waals surface area contributed by atoms with E-state index in [1.807, 2.05) is 4.90 Å². The minimum Gasteiger partial charge on any atom is -0.481 e. The first-order valence-corrected chi connectivity index (χ1v) is 11.2. The number of hydrogen-bond donors (Lipinski definition) is 1. The van der Waals surface area contributed by atoms with Crippen LogP contribution in [0.2, 0.25) is 0 Å². The van der Waals surface area contributed by atoms with E-state index >= 15 is 0 Å². The Morgan fingerprint density at radius 1 is 0.880 bits per heavy atom. The van der Waals surface area contributed by atoms with Gasteiger partial charge in [-0.1, -0.05) is 66.2 Å². The Morgan fingerprint density at radius 3 is 1.72 bits per heavy atom. The highest BCUT2D eigenvalue weighted by Crippen LogP contribution is 2.20. The maximum Gasteiger partial charge on any atom is 0.313 e. The number of hydrogen-bond acceptors (Lipinski definition) is 3. The van der Waals surface area contributed by atoms with Gasteiger partial charge in [-0.15, -0.1) is 11.8 Å². The molecule has 25 heavy (non-hydrogen) atoms. The number of rotatable bonds is 16. The van der Waals surface area contributed by atoms with Crippen LogP contribution in [0.4, 0.5) is 0 Å². The van der Waals surface area contributed by atoms with Gasteiger partial charge in [-0.25, -0.2) is 0 Å². The summed E-state index contributed by atoms with van der Waals surface area (Å²) >= 11 is 1.21. The average Bonchev–Trinajstić information content (AvgIpc) is 2.59. The Balaban J connectivity index is 4.81.